The number of aromatic amines is 1. The van der Waals surface area contributed by atoms with Gasteiger partial charge in [0.25, 0.3) is 0 Å². The maximum Gasteiger partial charge on any atom is 0.138 e. The van der Waals surface area contributed by atoms with Gasteiger partial charge >= 0.3 is 0 Å². The topological polar surface area (TPSA) is 28.7 Å². The molecule has 0 aliphatic heterocycles. The molecule has 5 rings (SSSR count). The summed E-state index contributed by atoms with van der Waals surface area (Å²) in [5, 5.41) is 0.719. The standard InChI is InChI=1S/C27H19ClN2/c28-24-17-15-22(16-18-24)26-25(21-9-5-2-6-10-21)29-27(30-26)23-13-11-20(12-14-23)19-7-3-1-4-8-19/h1-18H,(H,29,30). The molecule has 144 valence electrons. The molecule has 2 nitrogen and oxygen atoms in total. The van der Waals surface area contributed by atoms with Crippen molar-refractivity contribution in [3.05, 3.63) is 114 Å². The van der Waals surface area contributed by atoms with E-state index in [0.29, 0.717) is 0 Å². The molecule has 3 heteroatoms. The van der Waals surface area contributed by atoms with Gasteiger partial charge in [0.2, 0.25) is 0 Å². The van der Waals surface area contributed by atoms with Crippen molar-refractivity contribution in [2.75, 3.05) is 0 Å². The Bertz CT molecular complexity index is 1260. The fourth-order valence-corrected chi connectivity index (χ4v) is 3.72. The third-order valence-corrected chi connectivity index (χ3v) is 5.40. The summed E-state index contributed by atoms with van der Waals surface area (Å²) in [6, 6.07) is 37.0. The van der Waals surface area contributed by atoms with Gasteiger partial charge in [-0.15, -0.1) is 0 Å². The fraction of sp³-hybridized carbons (Fsp3) is 0. The van der Waals surface area contributed by atoms with Crippen LogP contribution in [0.5, 0.6) is 0 Å². The molecule has 0 unspecified atom stereocenters. The average molecular weight is 407 g/mol. The van der Waals surface area contributed by atoms with Crippen LogP contribution in [-0.4, -0.2) is 9.97 Å². The van der Waals surface area contributed by atoms with Gasteiger partial charge in [-0.1, -0.05) is 109 Å². The molecule has 0 spiro atoms. The second-order valence-corrected chi connectivity index (χ2v) is 7.56. The molecule has 0 saturated carbocycles. The predicted molar refractivity (Wildman–Crippen MR) is 125 cm³/mol. The van der Waals surface area contributed by atoms with E-state index in [-0.39, 0.29) is 0 Å². The second-order valence-electron chi connectivity index (χ2n) is 7.13. The Labute approximate surface area is 180 Å². The first-order chi connectivity index (χ1) is 14.8. The Hall–Kier alpha value is -3.62. The summed E-state index contributed by atoms with van der Waals surface area (Å²) in [6.07, 6.45) is 0. The monoisotopic (exact) mass is 406 g/mol. The molecular formula is C27H19ClN2. The first kappa shape index (κ1) is 18.4. The van der Waals surface area contributed by atoms with Gasteiger partial charge in [-0.3, -0.25) is 0 Å². The third kappa shape index (κ3) is 3.66. The van der Waals surface area contributed by atoms with Crippen LogP contribution >= 0.6 is 11.6 Å². The number of benzene rings is 4. The van der Waals surface area contributed by atoms with Crippen LogP contribution in [-0.2, 0) is 0 Å². The molecule has 0 saturated heterocycles. The minimum absolute atomic E-state index is 0.719. The number of halogens is 1. The Morgan fingerprint density at radius 2 is 1.00 bits per heavy atom. The van der Waals surface area contributed by atoms with Crippen LogP contribution < -0.4 is 0 Å². The van der Waals surface area contributed by atoms with Crippen molar-refractivity contribution in [1.82, 2.24) is 9.97 Å². The van der Waals surface area contributed by atoms with Crippen molar-refractivity contribution >= 4 is 11.6 Å². The van der Waals surface area contributed by atoms with Crippen molar-refractivity contribution in [3.63, 3.8) is 0 Å². The van der Waals surface area contributed by atoms with Gasteiger partial charge in [0, 0.05) is 21.7 Å². The van der Waals surface area contributed by atoms with Crippen molar-refractivity contribution in [1.29, 1.82) is 0 Å². The molecule has 1 heterocycles. The number of nitrogens with one attached hydrogen (secondary N) is 1. The number of hydrogen-bond acceptors (Lipinski definition) is 1. The van der Waals surface area contributed by atoms with Gasteiger partial charge in [-0.25, -0.2) is 4.98 Å². The van der Waals surface area contributed by atoms with E-state index in [4.69, 9.17) is 16.6 Å². The van der Waals surface area contributed by atoms with Gasteiger partial charge in [0.05, 0.1) is 11.4 Å². The van der Waals surface area contributed by atoms with Crippen LogP contribution in [0.25, 0.3) is 45.0 Å². The highest BCUT2D eigenvalue weighted by atomic mass is 35.5. The lowest BCUT2D eigenvalue weighted by Crippen LogP contribution is -1.83. The zero-order valence-electron chi connectivity index (χ0n) is 16.2. The Kier molecular flexibility index (Phi) is 4.92. The van der Waals surface area contributed by atoms with E-state index in [2.05, 4.69) is 65.6 Å². The lowest BCUT2D eigenvalue weighted by Gasteiger charge is -2.03. The molecule has 1 N–H and O–H groups in total. The molecule has 0 atom stereocenters. The van der Waals surface area contributed by atoms with Crippen LogP contribution in [0.1, 0.15) is 0 Å². The number of nitrogens with zero attached hydrogens (tertiary/aromatic N) is 1. The van der Waals surface area contributed by atoms with Crippen LogP contribution in [0.15, 0.2) is 109 Å². The number of hydrogen-bond donors (Lipinski definition) is 1. The summed E-state index contributed by atoms with van der Waals surface area (Å²) < 4.78 is 0. The zero-order valence-corrected chi connectivity index (χ0v) is 17.0. The van der Waals surface area contributed by atoms with Crippen molar-refractivity contribution < 1.29 is 0 Å². The summed E-state index contributed by atoms with van der Waals surface area (Å²) in [6.45, 7) is 0. The number of rotatable bonds is 4. The van der Waals surface area contributed by atoms with E-state index in [0.717, 1.165) is 38.9 Å². The highest BCUT2D eigenvalue weighted by Crippen LogP contribution is 2.34. The van der Waals surface area contributed by atoms with Crippen molar-refractivity contribution in [2.45, 2.75) is 0 Å². The lowest BCUT2D eigenvalue weighted by molar-refractivity contribution is 1.31. The highest BCUT2D eigenvalue weighted by Gasteiger charge is 2.15. The fourth-order valence-electron chi connectivity index (χ4n) is 3.59. The summed E-state index contributed by atoms with van der Waals surface area (Å²) in [5.74, 6) is 0.846. The maximum absolute atomic E-state index is 6.10. The van der Waals surface area contributed by atoms with Crippen LogP contribution in [0.2, 0.25) is 5.02 Å². The number of H-pyrrole nitrogens is 1. The van der Waals surface area contributed by atoms with E-state index in [1.165, 1.54) is 11.1 Å². The molecule has 0 bridgehead atoms. The van der Waals surface area contributed by atoms with E-state index >= 15 is 0 Å². The molecule has 1 aromatic heterocycles. The van der Waals surface area contributed by atoms with Gasteiger partial charge in [-0.2, -0.15) is 0 Å². The SMILES string of the molecule is Clc1ccc(-c2[nH]c(-c3ccc(-c4ccccc4)cc3)nc2-c2ccccc2)cc1. The summed E-state index contributed by atoms with van der Waals surface area (Å²) in [7, 11) is 0. The Morgan fingerprint density at radius 3 is 1.63 bits per heavy atom. The normalized spacial score (nSPS) is 10.8. The largest absolute Gasteiger partial charge is 0.337 e. The van der Waals surface area contributed by atoms with Gasteiger partial charge in [-0.05, 0) is 23.3 Å². The molecule has 4 aromatic carbocycles. The predicted octanol–water partition coefficient (Wildman–Crippen LogP) is 7.73. The lowest BCUT2D eigenvalue weighted by atomic mass is 10.0. The summed E-state index contributed by atoms with van der Waals surface area (Å²) >= 11 is 6.10. The third-order valence-electron chi connectivity index (χ3n) is 5.15. The highest BCUT2D eigenvalue weighted by molar-refractivity contribution is 6.30. The smallest absolute Gasteiger partial charge is 0.138 e. The van der Waals surface area contributed by atoms with Crippen LogP contribution in [0.3, 0.4) is 0 Å². The summed E-state index contributed by atoms with van der Waals surface area (Å²) in [4.78, 5) is 8.50. The van der Waals surface area contributed by atoms with Crippen LogP contribution in [0, 0.1) is 0 Å². The van der Waals surface area contributed by atoms with Gasteiger partial charge < -0.3 is 4.98 Å². The maximum atomic E-state index is 6.10. The molecule has 0 fully saturated rings. The summed E-state index contributed by atoms with van der Waals surface area (Å²) in [5.41, 5.74) is 7.48. The molecule has 0 amide bonds. The minimum atomic E-state index is 0.719. The molecule has 5 aromatic rings. The van der Waals surface area contributed by atoms with Gasteiger partial charge in [0.1, 0.15) is 5.82 Å². The molecule has 0 radical (unpaired) electrons. The van der Waals surface area contributed by atoms with E-state index in [1.54, 1.807) is 0 Å². The Balaban J connectivity index is 1.58. The van der Waals surface area contributed by atoms with Crippen molar-refractivity contribution in [3.8, 4) is 45.0 Å². The quantitative estimate of drug-likeness (QED) is 0.325. The van der Waals surface area contributed by atoms with E-state index < -0.39 is 0 Å². The molecule has 0 aliphatic rings. The second kappa shape index (κ2) is 8.02. The molecular weight excluding hydrogens is 388 g/mol. The first-order valence-corrected chi connectivity index (χ1v) is 10.2. The Morgan fingerprint density at radius 1 is 0.500 bits per heavy atom. The van der Waals surface area contributed by atoms with E-state index in [9.17, 15) is 0 Å². The molecule has 0 aliphatic carbocycles. The number of aromatic nitrogens is 2. The average Bonchev–Trinajstić information content (AvgIpc) is 3.26. The number of imidazole rings is 1. The zero-order chi connectivity index (χ0) is 20.3. The molecule has 30 heavy (non-hydrogen) atoms. The first-order valence-electron chi connectivity index (χ1n) is 9.85. The van der Waals surface area contributed by atoms with Crippen LogP contribution in [0.4, 0.5) is 0 Å². The van der Waals surface area contributed by atoms with E-state index in [1.807, 2.05) is 48.5 Å². The van der Waals surface area contributed by atoms with Crippen molar-refractivity contribution in [2.24, 2.45) is 0 Å². The minimum Gasteiger partial charge on any atom is -0.337 e. The van der Waals surface area contributed by atoms with Gasteiger partial charge in [0.15, 0.2) is 0 Å².